The Labute approximate surface area is 432 Å². The summed E-state index contributed by atoms with van der Waals surface area (Å²) in [7, 11) is -14.9. The van der Waals surface area contributed by atoms with E-state index in [4.69, 9.17) is 4.98 Å². The van der Waals surface area contributed by atoms with Gasteiger partial charge in [0.2, 0.25) is 0 Å². The number of carboxylic acid groups (broad SMARTS) is 1. The van der Waals surface area contributed by atoms with E-state index >= 15 is 0 Å². The molecule has 3 aromatic heterocycles. The van der Waals surface area contributed by atoms with E-state index in [0.29, 0.717) is 16.3 Å². The van der Waals surface area contributed by atoms with Crippen LogP contribution in [0.1, 0.15) is 5.56 Å². The fraction of sp³-hybridized carbons (Fsp3) is 0. The summed E-state index contributed by atoms with van der Waals surface area (Å²) in [5, 5.41) is 12.2. The van der Waals surface area contributed by atoms with Crippen LogP contribution in [0.2, 0.25) is 0 Å². The third-order valence-corrected chi connectivity index (χ3v) is 11.5. The van der Waals surface area contributed by atoms with Crippen molar-refractivity contribution in [3.63, 3.8) is 0 Å². The average Bonchev–Trinajstić information content (AvgIpc) is 3.87. The summed E-state index contributed by atoms with van der Waals surface area (Å²) in [4.78, 5) is 43.2. The van der Waals surface area contributed by atoms with Crippen molar-refractivity contribution >= 4 is 86.5 Å². The summed E-state index contributed by atoms with van der Waals surface area (Å²) in [5.74, 6) is -1.82. The number of hydrogen-bond acceptors (Lipinski definition) is 17. The third-order valence-electron chi connectivity index (χ3n) is 9.05. The monoisotopic (exact) mass is 912 g/mol. The summed E-state index contributed by atoms with van der Waals surface area (Å²) < 4.78 is 109. The van der Waals surface area contributed by atoms with E-state index in [1.807, 2.05) is 0 Å². The van der Waals surface area contributed by atoms with Gasteiger partial charge in [0.05, 0.1) is 20.7 Å². The number of aromatic nitrogens is 8. The van der Waals surface area contributed by atoms with Gasteiger partial charge in [-0.1, -0.05) is 12.1 Å². The summed E-state index contributed by atoms with van der Waals surface area (Å²) in [6.07, 6.45) is 2.10. The molecule has 9 rings (SSSR count). The van der Waals surface area contributed by atoms with Crippen LogP contribution in [0.5, 0.6) is 0 Å². The maximum absolute atomic E-state index is 12.1. The van der Waals surface area contributed by atoms with E-state index in [-0.39, 0.29) is 197 Å². The molecular formula is C35H16N8Na4O11S3. The van der Waals surface area contributed by atoms with Crippen LogP contribution in [0.3, 0.4) is 0 Å². The Hall–Kier alpha value is -2.82. The predicted molar refractivity (Wildman–Crippen MR) is 194 cm³/mol. The minimum Gasteiger partial charge on any atom is -0.744 e. The van der Waals surface area contributed by atoms with Gasteiger partial charge in [0.15, 0.2) is 23.3 Å². The van der Waals surface area contributed by atoms with Crippen molar-refractivity contribution in [2.75, 3.05) is 0 Å². The maximum atomic E-state index is 12.1. The van der Waals surface area contributed by atoms with Gasteiger partial charge in [0.25, 0.3) is 0 Å². The van der Waals surface area contributed by atoms with Crippen molar-refractivity contribution < 1.29 is 167 Å². The Morgan fingerprint density at radius 3 is 1.25 bits per heavy atom. The zero-order chi connectivity index (χ0) is 40.2. The quantitative estimate of drug-likeness (QED) is 0.0920. The minimum atomic E-state index is -4.98. The Morgan fingerprint density at radius 1 is 0.459 bits per heavy atom. The fourth-order valence-electron chi connectivity index (χ4n) is 6.48. The molecule has 0 amide bonds. The van der Waals surface area contributed by atoms with Crippen molar-refractivity contribution in [2.24, 2.45) is 0 Å². The zero-order valence-corrected chi connectivity index (χ0v) is 42.4. The molecule has 0 atom stereocenters. The molecule has 61 heavy (non-hydrogen) atoms. The van der Waals surface area contributed by atoms with Crippen LogP contribution in [0.15, 0.2) is 93.6 Å². The third kappa shape index (κ3) is 9.39. The molecule has 26 heteroatoms. The summed E-state index contributed by atoms with van der Waals surface area (Å²) in [6.45, 7) is 0. The molecule has 7 aromatic rings. The van der Waals surface area contributed by atoms with Crippen LogP contribution < -0.4 is 123 Å². The standard InChI is InChI=1S/C35H20N8O11S3.4Na/c44-27(45)10-2-15-1-6-19-23(11-15)32-36-28(19)38-33-25-13-17(56(49,50)51)4-8-21(25)30(40-33)42-35-26-14-18(57(52,53)54)5-9-22(26)31(43-35)41-34-24-12-16(55(46,47)48)3-7-20(24)29(37-32)39-34;;;;/h1-14H,(H,44,45)(H,46,47,48)(H,49,50,51)(H,52,53,54)(H2,36,37,38,39,40,41,42,43);;;;/q;4*+1/p-4/b10-2+;;;;. The summed E-state index contributed by atoms with van der Waals surface area (Å²) >= 11 is 0. The number of carbonyl (C=O) groups is 1. The number of benzene rings is 4. The van der Waals surface area contributed by atoms with Gasteiger partial charge in [0.1, 0.15) is 52.9 Å². The molecule has 0 radical (unpaired) electrons. The van der Waals surface area contributed by atoms with Crippen molar-refractivity contribution in [1.82, 2.24) is 39.9 Å². The van der Waals surface area contributed by atoms with E-state index in [2.05, 4.69) is 34.9 Å². The van der Waals surface area contributed by atoms with Gasteiger partial charge in [-0.3, -0.25) is 0 Å². The van der Waals surface area contributed by atoms with Crippen molar-refractivity contribution in [1.29, 1.82) is 0 Å². The van der Waals surface area contributed by atoms with Gasteiger partial charge in [-0.2, -0.15) is 0 Å². The van der Waals surface area contributed by atoms with Crippen LogP contribution in [0.25, 0.3) is 95.8 Å². The molecule has 2 aliphatic heterocycles. The Kier molecular flexibility index (Phi) is 14.5. The second-order valence-electron chi connectivity index (χ2n) is 12.6. The summed E-state index contributed by atoms with van der Waals surface area (Å²) in [5.41, 5.74) is 1.11. The molecule has 0 fully saturated rings. The number of H-pyrrole nitrogens is 2. The normalized spacial score (nSPS) is 12.1. The number of rotatable bonds is 5. The predicted octanol–water partition coefficient (Wildman–Crippen LogP) is -9.64. The molecule has 0 spiro atoms. The van der Waals surface area contributed by atoms with Crippen LogP contribution in [0.4, 0.5) is 0 Å². The van der Waals surface area contributed by atoms with Crippen LogP contribution >= 0.6 is 0 Å². The molecule has 0 saturated carbocycles. The molecule has 8 bridgehead atoms. The van der Waals surface area contributed by atoms with E-state index in [0.717, 1.165) is 42.5 Å². The number of hydrogen-bond donors (Lipinski definition) is 2. The topological polar surface area (TPSA) is 321 Å². The molecule has 5 heterocycles. The first-order valence-electron chi connectivity index (χ1n) is 16.1. The van der Waals surface area contributed by atoms with Crippen LogP contribution in [-0.4, -0.2) is 84.8 Å². The first-order chi connectivity index (χ1) is 26.9. The number of aromatic amines is 2. The minimum absolute atomic E-state index is 0. The van der Waals surface area contributed by atoms with Crippen molar-refractivity contribution in [3.8, 4) is 45.6 Å². The second-order valence-corrected chi connectivity index (χ2v) is 16.7. The molecule has 2 N–H and O–H groups in total. The van der Waals surface area contributed by atoms with Gasteiger partial charge in [-0.05, 0) is 78.4 Å². The number of carboxylic acids is 1. The molecule has 2 aliphatic rings. The molecule has 0 saturated heterocycles. The molecule has 284 valence electrons. The van der Waals surface area contributed by atoms with E-state index in [9.17, 15) is 48.8 Å². The SMILES string of the molecule is O=C([O-])/C=C/c1ccc2c3nc4nc(nc5[nH]c(nc6nc(nc([nH]3)c2c1)-c1ccc(S(=O)(=O)[O-])cc1-6)c1ccc(S(=O)(=O)[O-])cc51)-c1ccc(S(=O)(=O)[O-])cc1-4.[Na+].[Na+].[Na+].[Na+]. The van der Waals surface area contributed by atoms with E-state index < -0.39 is 51.0 Å². The number of fused-ring (bicyclic) bond motifs is 20. The number of nitrogens with zero attached hydrogens (tertiary/aromatic N) is 6. The largest absolute Gasteiger partial charge is 1.00 e. The fourth-order valence-corrected chi connectivity index (χ4v) is 7.97. The Morgan fingerprint density at radius 2 is 0.820 bits per heavy atom. The first-order valence-corrected chi connectivity index (χ1v) is 20.3. The number of carbonyl (C=O) groups excluding carboxylic acids is 1. The van der Waals surface area contributed by atoms with Gasteiger partial charge in [-0.15, -0.1) is 0 Å². The van der Waals surface area contributed by atoms with Crippen LogP contribution in [0, 0.1) is 0 Å². The molecular weight excluding hydrogens is 897 g/mol. The summed E-state index contributed by atoms with van der Waals surface area (Å²) in [6, 6.07) is 15.0. The van der Waals surface area contributed by atoms with Gasteiger partial charge >= 0.3 is 118 Å². The zero-order valence-electron chi connectivity index (χ0n) is 32.0. The average molecular weight is 913 g/mol. The Bertz CT molecular complexity index is 3530. The van der Waals surface area contributed by atoms with Crippen molar-refractivity contribution in [2.45, 2.75) is 14.7 Å². The maximum Gasteiger partial charge on any atom is 1.00 e. The first kappa shape index (κ1) is 49.2. The van der Waals surface area contributed by atoms with E-state index in [1.165, 1.54) is 24.3 Å². The Balaban J connectivity index is 0.00000176. The second kappa shape index (κ2) is 18.0. The molecule has 0 aliphatic carbocycles. The van der Waals surface area contributed by atoms with Gasteiger partial charge in [0, 0.05) is 43.8 Å². The smallest absolute Gasteiger partial charge is 0.744 e. The molecule has 4 aromatic carbocycles. The molecule has 19 nitrogen and oxygen atoms in total. The van der Waals surface area contributed by atoms with Crippen molar-refractivity contribution in [3.05, 3.63) is 84.4 Å². The number of aliphatic carboxylic acids is 1. The van der Waals surface area contributed by atoms with Crippen LogP contribution in [-0.2, 0) is 35.1 Å². The van der Waals surface area contributed by atoms with E-state index in [1.54, 1.807) is 18.2 Å². The number of nitrogens with one attached hydrogen (secondary N) is 2. The van der Waals surface area contributed by atoms with Gasteiger partial charge in [-0.25, -0.2) is 55.2 Å². The van der Waals surface area contributed by atoms with Gasteiger partial charge < -0.3 is 33.5 Å². The molecule has 0 unspecified atom stereocenters.